The molecule has 57 heavy (non-hydrogen) atoms. The van der Waals surface area contributed by atoms with Gasteiger partial charge in [0.2, 0.25) is 0 Å². The maximum Gasteiger partial charge on any atom is 0.166 e. The van der Waals surface area contributed by atoms with Crippen molar-refractivity contribution in [3.05, 3.63) is 263 Å². The van der Waals surface area contributed by atoms with Crippen LogP contribution in [0.3, 0.4) is 0 Å². The molecule has 274 valence electrons. The Morgan fingerprint density at radius 2 is 0.474 bits per heavy atom. The summed E-state index contributed by atoms with van der Waals surface area (Å²) in [4.78, 5) is 3.30. The van der Waals surface area contributed by atoms with E-state index < -0.39 is 24.2 Å². The fourth-order valence-electron chi connectivity index (χ4n) is 9.90. The second-order valence-electron chi connectivity index (χ2n) is 15.4. The molecule has 3 heteroatoms. The lowest BCUT2D eigenvalue weighted by atomic mass is 9.95. The summed E-state index contributed by atoms with van der Waals surface area (Å²) in [5.74, 6) is 0. The minimum absolute atomic E-state index is 1.29. The summed E-state index contributed by atoms with van der Waals surface area (Å²) in [7, 11) is -9.04. The van der Waals surface area contributed by atoms with Crippen LogP contribution in [0.15, 0.2) is 252 Å². The summed E-state index contributed by atoms with van der Waals surface area (Å²) in [6, 6.07) is 92.5. The lowest BCUT2D eigenvalue weighted by Crippen LogP contribution is -2.76. The van der Waals surface area contributed by atoms with Crippen molar-refractivity contribution in [1.82, 2.24) is 0 Å². The van der Waals surface area contributed by atoms with E-state index >= 15 is 0 Å². The number of allylic oxidation sites excluding steroid dienone is 2. The molecule has 0 atom stereocenters. The Bertz CT molecular complexity index is 2370. The Morgan fingerprint density at radius 3 is 0.719 bits per heavy atom. The molecule has 0 nitrogen and oxygen atoms in total. The minimum Gasteiger partial charge on any atom is -0.0624 e. The van der Waals surface area contributed by atoms with Crippen LogP contribution in [0.4, 0.5) is 0 Å². The molecule has 0 saturated heterocycles. The first-order valence-corrected chi connectivity index (χ1v) is 27.0. The lowest BCUT2D eigenvalue weighted by Gasteiger charge is -2.47. The predicted molar refractivity (Wildman–Crippen MR) is 252 cm³/mol. The lowest BCUT2D eigenvalue weighted by molar-refractivity contribution is 1.58. The highest BCUT2D eigenvalue weighted by molar-refractivity contribution is 7.37. The van der Waals surface area contributed by atoms with Crippen LogP contribution in [0.1, 0.15) is 11.1 Å². The maximum absolute atomic E-state index is 3.25. The summed E-state index contributed by atoms with van der Waals surface area (Å²) >= 11 is 0. The zero-order chi connectivity index (χ0) is 38.7. The quantitative estimate of drug-likeness (QED) is 0.122. The SMILES string of the molecule is C[Si](C1=C(c2ccccc2)C(c2ccccc2)=C([Si](C)(c2ccccc2)c2ccccc2)[Si]1(c1ccccc1)c1ccccc1)(c1ccccc1)c1ccccc1. The van der Waals surface area contributed by atoms with E-state index in [2.05, 4.69) is 256 Å². The molecule has 0 bridgehead atoms. The van der Waals surface area contributed by atoms with Crippen molar-refractivity contribution in [2.24, 2.45) is 0 Å². The third kappa shape index (κ3) is 6.02. The molecule has 0 amide bonds. The van der Waals surface area contributed by atoms with Crippen molar-refractivity contribution in [3.8, 4) is 0 Å². The van der Waals surface area contributed by atoms with Crippen LogP contribution in [0, 0.1) is 0 Å². The van der Waals surface area contributed by atoms with E-state index in [1.54, 1.807) is 9.64 Å². The van der Waals surface area contributed by atoms with Crippen LogP contribution in [0.25, 0.3) is 11.1 Å². The standard InChI is InChI=1S/C54H46Si3/c1-55(45-31-15-5-16-32-45,46-33-17-6-18-34-46)53-51(43-27-11-3-12-28-43)52(44-29-13-4-14-30-44)54(56(2,47-35-19-7-20-36-47)48-37-21-8-22-38-48)57(53,49-39-23-9-24-40-49)50-41-25-10-26-42-50/h3-42H,1-2H3. The van der Waals surface area contributed by atoms with Gasteiger partial charge in [-0.1, -0.05) is 286 Å². The van der Waals surface area contributed by atoms with Crippen molar-refractivity contribution in [2.75, 3.05) is 0 Å². The second kappa shape index (κ2) is 15.4. The molecule has 0 aromatic heterocycles. The summed E-state index contributed by atoms with van der Waals surface area (Å²) in [5.41, 5.74) is 5.41. The van der Waals surface area contributed by atoms with Gasteiger partial charge < -0.3 is 0 Å². The summed E-state index contributed by atoms with van der Waals surface area (Å²) in [5, 5.41) is 8.60. The fourth-order valence-corrected chi connectivity index (χ4v) is 31.7. The van der Waals surface area contributed by atoms with Gasteiger partial charge in [0, 0.05) is 0 Å². The van der Waals surface area contributed by atoms with E-state index in [-0.39, 0.29) is 0 Å². The van der Waals surface area contributed by atoms with Crippen molar-refractivity contribution >= 4 is 66.5 Å². The molecule has 8 aromatic carbocycles. The highest BCUT2D eigenvalue weighted by atomic mass is 28.4. The van der Waals surface area contributed by atoms with Crippen LogP contribution < -0.4 is 31.1 Å². The molecule has 8 aromatic rings. The molecular formula is C54H46Si3. The van der Waals surface area contributed by atoms with Crippen LogP contribution in [-0.2, 0) is 0 Å². The van der Waals surface area contributed by atoms with Crippen LogP contribution in [0.5, 0.6) is 0 Å². The van der Waals surface area contributed by atoms with Gasteiger partial charge >= 0.3 is 0 Å². The second-order valence-corrected chi connectivity index (χ2v) is 27.9. The van der Waals surface area contributed by atoms with Gasteiger partial charge in [-0.2, -0.15) is 0 Å². The predicted octanol–water partition coefficient (Wildman–Crippen LogP) is 9.11. The Morgan fingerprint density at radius 1 is 0.263 bits per heavy atom. The zero-order valence-electron chi connectivity index (χ0n) is 32.6. The summed E-state index contributed by atoms with van der Waals surface area (Å²) in [6.45, 7) is 5.33. The zero-order valence-corrected chi connectivity index (χ0v) is 35.6. The van der Waals surface area contributed by atoms with Crippen LogP contribution in [0.2, 0.25) is 13.1 Å². The smallest absolute Gasteiger partial charge is 0.0624 e. The Kier molecular flexibility index (Phi) is 9.89. The van der Waals surface area contributed by atoms with Crippen LogP contribution >= 0.6 is 0 Å². The average molecular weight is 779 g/mol. The first-order valence-electron chi connectivity index (χ1n) is 20.0. The van der Waals surface area contributed by atoms with Gasteiger partial charge in [0.25, 0.3) is 0 Å². The number of rotatable bonds is 10. The van der Waals surface area contributed by atoms with Gasteiger partial charge in [-0.25, -0.2) is 0 Å². The van der Waals surface area contributed by atoms with Gasteiger partial charge in [-0.3, -0.25) is 0 Å². The normalized spacial score (nSPS) is 14.1. The number of hydrogen-bond acceptors (Lipinski definition) is 0. The van der Waals surface area contributed by atoms with E-state index in [4.69, 9.17) is 0 Å². The third-order valence-electron chi connectivity index (χ3n) is 12.4. The van der Waals surface area contributed by atoms with Gasteiger partial charge in [-0.05, 0) is 32.6 Å². The Labute approximate surface area is 341 Å². The molecule has 9 rings (SSSR count). The van der Waals surface area contributed by atoms with Gasteiger partial charge in [0.05, 0.1) is 0 Å². The monoisotopic (exact) mass is 778 g/mol. The van der Waals surface area contributed by atoms with E-state index in [1.807, 2.05) is 0 Å². The van der Waals surface area contributed by atoms with Crippen molar-refractivity contribution in [1.29, 1.82) is 0 Å². The molecule has 0 spiro atoms. The molecular weight excluding hydrogens is 733 g/mol. The van der Waals surface area contributed by atoms with Crippen LogP contribution in [-0.4, -0.2) is 24.2 Å². The van der Waals surface area contributed by atoms with Crippen molar-refractivity contribution in [3.63, 3.8) is 0 Å². The van der Waals surface area contributed by atoms with Crippen molar-refractivity contribution in [2.45, 2.75) is 13.1 Å². The molecule has 0 N–H and O–H groups in total. The topological polar surface area (TPSA) is 0 Å². The highest BCUT2D eigenvalue weighted by Gasteiger charge is 2.63. The van der Waals surface area contributed by atoms with E-state index in [9.17, 15) is 0 Å². The van der Waals surface area contributed by atoms with E-state index in [0.717, 1.165) is 0 Å². The third-order valence-corrected chi connectivity index (χ3v) is 30.5. The maximum atomic E-state index is 2.67. The van der Waals surface area contributed by atoms with E-state index in [1.165, 1.54) is 53.4 Å². The minimum atomic E-state index is -3.25. The van der Waals surface area contributed by atoms with Gasteiger partial charge in [0.1, 0.15) is 16.1 Å². The summed E-state index contributed by atoms with van der Waals surface area (Å²) in [6.07, 6.45) is 0. The number of benzene rings is 8. The van der Waals surface area contributed by atoms with E-state index in [0.29, 0.717) is 0 Å². The van der Waals surface area contributed by atoms with Gasteiger partial charge in [0.15, 0.2) is 8.07 Å². The molecule has 0 saturated carbocycles. The van der Waals surface area contributed by atoms with Gasteiger partial charge in [-0.15, -0.1) is 0 Å². The largest absolute Gasteiger partial charge is 0.166 e. The molecule has 1 aliphatic rings. The number of hydrogen-bond donors (Lipinski definition) is 0. The highest BCUT2D eigenvalue weighted by Crippen LogP contribution is 2.53. The summed E-state index contributed by atoms with van der Waals surface area (Å²) < 4.78 is 0. The average Bonchev–Trinajstić information content (AvgIpc) is 3.65. The van der Waals surface area contributed by atoms with Crippen molar-refractivity contribution < 1.29 is 0 Å². The Hall–Kier alpha value is -6.11. The molecule has 0 fully saturated rings. The molecule has 0 unspecified atom stereocenters. The first-order chi connectivity index (χ1) is 28.1. The molecule has 1 heterocycles. The fraction of sp³-hybridized carbons (Fsp3) is 0.0370. The first kappa shape index (κ1) is 36.5. The molecule has 0 radical (unpaired) electrons. The molecule has 1 aliphatic heterocycles. The molecule has 0 aliphatic carbocycles. The Balaban J connectivity index is 1.62.